The molecule has 16 nitrogen and oxygen atoms in total. The van der Waals surface area contributed by atoms with Crippen LogP contribution in [0.1, 0.15) is 86.8 Å². The molecule has 2 aliphatic heterocycles. The summed E-state index contributed by atoms with van der Waals surface area (Å²) < 4.78 is 44.1. The van der Waals surface area contributed by atoms with Gasteiger partial charge in [-0.25, -0.2) is 9.59 Å². The zero-order valence-electron chi connectivity index (χ0n) is 40.2. The Morgan fingerprint density at radius 2 is 1.64 bits per heavy atom. The molecular weight excluding hydrogens is 899 g/mol. The van der Waals surface area contributed by atoms with E-state index in [2.05, 4.69) is 18.0 Å². The summed E-state index contributed by atoms with van der Waals surface area (Å²) in [5, 5.41) is 37.4. The predicted octanol–water partition coefficient (Wildman–Crippen LogP) is 7.80. The van der Waals surface area contributed by atoms with Crippen molar-refractivity contribution in [2.45, 2.75) is 101 Å². The highest BCUT2D eigenvalue weighted by atomic mass is 16.8. The number of oxime groups is 1. The number of carbonyl (C=O) groups excluding carboxylic acids is 2. The Hall–Kier alpha value is -5.33. The molecule has 70 heavy (non-hydrogen) atoms. The lowest BCUT2D eigenvalue weighted by atomic mass is 9.55. The molecule has 4 aliphatic rings. The minimum absolute atomic E-state index is 0.0280. The van der Waals surface area contributed by atoms with Gasteiger partial charge in [0.05, 0.1) is 57.9 Å². The Morgan fingerprint density at radius 3 is 2.37 bits per heavy atom. The van der Waals surface area contributed by atoms with Crippen LogP contribution in [0.15, 0.2) is 108 Å². The molecule has 0 spiro atoms. The summed E-state index contributed by atoms with van der Waals surface area (Å²) in [6, 6.07) is 23.7. The first-order valence-electron chi connectivity index (χ1n) is 25.0. The molecule has 0 radical (unpaired) electrons. The third-order valence-corrected chi connectivity index (χ3v) is 13.4. The standard InChI is InChI=1S/C54H71N3O13/c1-2-28-67-54-48(57(24-30-63-31-27-60)53(62)66-33-32-64-38-40-17-7-4-8-18-40)36-46(56-70-49-21-11-14-29-65-49)44-34-41(19-9-12-25-58)43(20-10-13-26-59)50(51(44)54)45-35-42(22-23-47(45)69-54)68-52(61)55-37-39-15-5-3-6-16-39/h2-8,15-18,22-23,34-35,41,43,48-51,58-60H,1,9-14,19-21,24-33,36-38H2,(H,55,61). The van der Waals surface area contributed by atoms with E-state index in [0.717, 1.165) is 54.4 Å². The highest BCUT2D eigenvalue weighted by molar-refractivity contribution is 6.03. The van der Waals surface area contributed by atoms with Gasteiger partial charge in [-0.2, -0.15) is 0 Å². The first kappa shape index (κ1) is 52.5. The van der Waals surface area contributed by atoms with Crippen molar-refractivity contribution < 1.29 is 62.9 Å². The number of amides is 2. The number of nitrogens with one attached hydrogen (secondary N) is 1. The Bertz CT molecular complexity index is 2150. The zero-order valence-corrected chi connectivity index (χ0v) is 40.2. The van der Waals surface area contributed by atoms with Crippen molar-refractivity contribution in [3.63, 3.8) is 0 Å². The smallest absolute Gasteiger partial charge is 0.412 e. The molecule has 7 unspecified atom stereocenters. The molecule has 2 aliphatic carbocycles. The number of aliphatic hydroxyl groups is 3. The fourth-order valence-corrected chi connectivity index (χ4v) is 10.3. The topological polar surface area (TPSA) is 196 Å². The van der Waals surface area contributed by atoms with Crippen molar-refractivity contribution in [2.24, 2.45) is 22.9 Å². The van der Waals surface area contributed by atoms with Crippen LogP contribution in [0.3, 0.4) is 0 Å². The maximum Gasteiger partial charge on any atom is 0.412 e. The third kappa shape index (κ3) is 13.7. The number of allylic oxidation sites excluding steroid dienone is 1. The fourth-order valence-electron chi connectivity index (χ4n) is 10.3. The summed E-state index contributed by atoms with van der Waals surface area (Å²) >= 11 is 0. The van der Waals surface area contributed by atoms with Crippen molar-refractivity contribution in [3.05, 3.63) is 120 Å². The molecule has 1 saturated carbocycles. The summed E-state index contributed by atoms with van der Waals surface area (Å²) in [5.74, 6) is -1.90. The molecule has 380 valence electrons. The van der Waals surface area contributed by atoms with Gasteiger partial charge < -0.3 is 58.6 Å². The molecule has 2 amide bonds. The molecule has 2 fully saturated rings. The van der Waals surface area contributed by atoms with E-state index >= 15 is 0 Å². The zero-order chi connectivity index (χ0) is 49.0. The molecule has 2 heterocycles. The van der Waals surface area contributed by atoms with Crippen LogP contribution in [0.25, 0.3) is 0 Å². The average molecular weight is 970 g/mol. The number of benzene rings is 3. The van der Waals surface area contributed by atoms with Crippen LogP contribution >= 0.6 is 0 Å². The van der Waals surface area contributed by atoms with Crippen molar-refractivity contribution in [1.82, 2.24) is 10.2 Å². The minimum atomic E-state index is -1.58. The lowest BCUT2D eigenvalue weighted by molar-refractivity contribution is -0.256. The number of ether oxygens (including phenoxy) is 7. The van der Waals surface area contributed by atoms with Crippen LogP contribution in [0, 0.1) is 17.8 Å². The molecule has 0 bridgehead atoms. The lowest BCUT2D eigenvalue weighted by Gasteiger charge is -2.59. The highest BCUT2D eigenvalue weighted by Crippen LogP contribution is 2.62. The predicted molar refractivity (Wildman–Crippen MR) is 261 cm³/mol. The Kier molecular flexibility index (Phi) is 20.5. The van der Waals surface area contributed by atoms with Crippen LogP contribution in [-0.4, -0.2) is 122 Å². The Balaban J connectivity index is 1.33. The maximum atomic E-state index is 14.8. The minimum Gasteiger partial charge on any atom is -0.459 e. The number of aliphatic hydroxyl groups excluding tert-OH is 3. The second-order valence-electron chi connectivity index (χ2n) is 18.1. The Labute approximate surface area is 411 Å². The van der Waals surface area contributed by atoms with E-state index in [1.807, 2.05) is 66.7 Å². The molecule has 3 aromatic rings. The van der Waals surface area contributed by atoms with Gasteiger partial charge in [-0.15, -0.1) is 6.58 Å². The quantitative estimate of drug-likeness (QED) is 0.0329. The van der Waals surface area contributed by atoms with Crippen LogP contribution in [0.2, 0.25) is 0 Å². The van der Waals surface area contributed by atoms with E-state index in [0.29, 0.717) is 56.1 Å². The first-order valence-corrected chi connectivity index (χ1v) is 25.0. The van der Waals surface area contributed by atoms with E-state index in [4.69, 9.17) is 43.2 Å². The van der Waals surface area contributed by atoms with E-state index < -0.39 is 36.2 Å². The van der Waals surface area contributed by atoms with Crippen molar-refractivity contribution in [3.8, 4) is 11.5 Å². The summed E-state index contributed by atoms with van der Waals surface area (Å²) in [5.41, 5.74) is 4.13. The molecule has 7 atom stereocenters. The van der Waals surface area contributed by atoms with Gasteiger partial charge in [0, 0.05) is 50.6 Å². The van der Waals surface area contributed by atoms with Gasteiger partial charge >= 0.3 is 12.2 Å². The molecule has 16 heteroatoms. The maximum absolute atomic E-state index is 14.8. The van der Waals surface area contributed by atoms with Crippen LogP contribution in [0.5, 0.6) is 11.5 Å². The van der Waals surface area contributed by atoms with Gasteiger partial charge in [-0.1, -0.05) is 90.8 Å². The molecule has 7 rings (SSSR count). The van der Waals surface area contributed by atoms with Crippen LogP contribution < -0.4 is 14.8 Å². The van der Waals surface area contributed by atoms with Crippen molar-refractivity contribution in [1.29, 1.82) is 0 Å². The third-order valence-electron chi connectivity index (χ3n) is 13.4. The SMILES string of the molecule is C=CCOC12Oc3ccc(OC(=O)NCc4ccccc4)cc3C3C(CCCCO)C(CCCCO)C=C(C(=NOC4CCCCO4)CC1N(CCOCCO)C(=O)OCCOCc1ccccc1)C32. The van der Waals surface area contributed by atoms with E-state index in [-0.39, 0.29) is 90.1 Å². The van der Waals surface area contributed by atoms with Gasteiger partial charge in [0.15, 0.2) is 0 Å². The fraction of sp³-hybridized carbons (Fsp3) is 0.537. The first-order chi connectivity index (χ1) is 34.4. The monoisotopic (exact) mass is 969 g/mol. The molecule has 0 aromatic heterocycles. The number of fused-ring (bicyclic) bond motifs is 2. The summed E-state index contributed by atoms with van der Waals surface area (Å²) in [4.78, 5) is 36.0. The highest BCUT2D eigenvalue weighted by Gasteiger charge is 2.65. The number of nitrogens with zero attached hydrogens (tertiary/aromatic N) is 2. The van der Waals surface area contributed by atoms with Crippen molar-refractivity contribution in [2.75, 3.05) is 66.0 Å². The van der Waals surface area contributed by atoms with Gasteiger partial charge in [0.25, 0.3) is 0 Å². The number of unbranched alkanes of at least 4 members (excludes halogenated alkanes) is 2. The summed E-state index contributed by atoms with van der Waals surface area (Å²) in [6.07, 6.45) is 8.87. The Morgan fingerprint density at radius 1 is 0.871 bits per heavy atom. The number of rotatable bonds is 27. The molecule has 4 N–H and O–H groups in total. The normalized spacial score (nSPS) is 24.0. The van der Waals surface area contributed by atoms with Gasteiger partial charge in [-0.05, 0) is 85.3 Å². The number of carbonyl (C=O) groups is 2. The van der Waals surface area contributed by atoms with Crippen LogP contribution in [0.4, 0.5) is 9.59 Å². The second kappa shape index (κ2) is 27.3. The van der Waals surface area contributed by atoms with Crippen molar-refractivity contribution >= 4 is 17.9 Å². The largest absolute Gasteiger partial charge is 0.459 e. The van der Waals surface area contributed by atoms with E-state index in [1.54, 1.807) is 23.1 Å². The second-order valence-corrected chi connectivity index (χ2v) is 18.1. The van der Waals surface area contributed by atoms with Gasteiger partial charge in [-0.3, -0.25) is 4.90 Å². The lowest BCUT2D eigenvalue weighted by Crippen LogP contribution is -2.70. The van der Waals surface area contributed by atoms with Gasteiger partial charge in [0.2, 0.25) is 12.1 Å². The summed E-state index contributed by atoms with van der Waals surface area (Å²) in [7, 11) is 0. The average Bonchev–Trinajstić information content (AvgIpc) is 3.39. The number of hydrogen-bond acceptors (Lipinski definition) is 14. The molecular formula is C54H71N3O13. The molecule has 1 saturated heterocycles. The van der Waals surface area contributed by atoms with E-state index in [1.165, 1.54) is 0 Å². The van der Waals surface area contributed by atoms with Gasteiger partial charge in [0.1, 0.15) is 24.1 Å². The molecule has 3 aromatic carbocycles. The number of hydrogen-bond donors (Lipinski definition) is 4. The van der Waals surface area contributed by atoms with Crippen LogP contribution in [-0.2, 0) is 41.7 Å². The summed E-state index contributed by atoms with van der Waals surface area (Å²) in [6.45, 7) is 5.40. The van der Waals surface area contributed by atoms with E-state index in [9.17, 15) is 24.9 Å².